The third-order valence-corrected chi connectivity index (χ3v) is 4.38. The fourth-order valence-electron chi connectivity index (χ4n) is 2.10. The molecule has 1 saturated heterocycles. The van der Waals surface area contributed by atoms with Gasteiger partial charge in [0.05, 0.1) is 5.60 Å². The maximum atomic E-state index is 5.87. The van der Waals surface area contributed by atoms with Crippen LogP contribution in [0, 0.1) is 0 Å². The van der Waals surface area contributed by atoms with Gasteiger partial charge in [-0.1, -0.05) is 6.92 Å². The van der Waals surface area contributed by atoms with E-state index in [0.29, 0.717) is 6.04 Å². The maximum absolute atomic E-state index is 5.87. The second-order valence-corrected chi connectivity index (χ2v) is 6.43. The van der Waals surface area contributed by atoms with Crippen LogP contribution in [0.2, 0.25) is 0 Å². The molecule has 0 spiro atoms. The first-order valence-corrected chi connectivity index (χ1v) is 6.84. The normalized spacial score (nSPS) is 30.9. The first-order valence-electron chi connectivity index (χ1n) is 6.84. The van der Waals surface area contributed by atoms with Crippen molar-refractivity contribution < 1.29 is 4.74 Å². The molecule has 1 aliphatic heterocycles. The van der Waals surface area contributed by atoms with E-state index in [1.807, 2.05) is 0 Å². The van der Waals surface area contributed by atoms with Gasteiger partial charge in [0.2, 0.25) is 0 Å². The van der Waals surface area contributed by atoms with E-state index < -0.39 is 0 Å². The van der Waals surface area contributed by atoms with Gasteiger partial charge in [0.25, 0.3) is 0 Å². The molecule has 1 N–H and O–H groups in total. The molecule has 1 aliphatic rings. The summed E-state index contributed by atoms with van der Waals surface area (Å²) in [5.41, 5.74) is 0.291. The lowest BCUT2D eigenvalue weighted by Gasteiger charge is -2.40. The van der Waals surface area contributed by atoms with Crippen LogP contribution in [-0.4, -0.2) is 49.3 Å². The summed E-state index contributed by atoms with van der Waals surface area (Å²) in [5, 5.41) is 3.71. The van der Waals surface area contributed by atoms with Crippen molar-refractivity contribution in [3.05, 3.63) is 0 Å². The van der Waals surface area contributed by atoms with Crippen molar-refractivity contribution in [3.63, 3.8) is 0 Å². The molecule has 102 valence electrons. The van der Waals surface area contributed by atoms with Crippen LogP contribution in [0.4, 0.5) is 0 Å². The Morgan fingerprint density at radius 2 is 2.06 bits per heavy atom. The van der Waals surface area contributed by atoms with Gasteiger partial charge in [-0.05, 0) is 54.1 Å². The van der Waals surface area contributed by atoms with Gasteiger partial charge in [-0.15, -0.1) is 0 Å². The molecule has 17 heavy (non-hydrogen) atoms. The highest BCUT2D eigenvalue weighted by Gasteiger charge is 2.32. The van der Waals surface area contributed by atoms with Gasteiger partial charge < -0.3 is 15.0 Å². The van der Waals surface area contributed by atoms with E-state index in [2.05, 4.69) is 52.0 Å². The van der Waals surface area contributed by atoms with Crippen molar-refractivity contribution in [1.29, 1.82) is 0 Å². The van der Waals surface area contributed by atoms with Gasteiger partial charge in [-0.2, -0.15) is 0 Å². The number of nitrogens with one attached hydrogen (secondary N) is 1. The number of ether oxygens (including phenoxy) is 1. The summed E-state index contributed by atoms with van der Waals surface area (Å²) in [6.07, 6.45) is 3.37. The zero-order valence-corrected chi connectivity index (χ0v) is 12.5. The lowest BCUT2D eigenvalue weighted by molar-refractivity contribution is -0.0788. The van der Waals surface area contributed by atoms with Crippen LogP contribution >= 0.6 is 0 Å². The lowest BCUT2D eigenvalue weighted by Crippen LogP contribution is -2.52. The monoisotopic (exact) mass is 242 g/mol. The predicted octanol–water partition coefficient (Wildman–Crippen LogP) is 2.26. The predicted molar refractivity (Wildman–Crippen MR) is 73.4 cm³/mol. The van der Waals surface area contributed by atoms with Gasteiger partial charge in [-0.25, -0.2) is 0 Å². The first-order chi connectivity index (χ1) is 7.79. The summed E-state index contributed by atoms with van der Waals surface area (Å²) < 4.78 is 5.87. The molecule has 0 bridgehead atoms. The Hall–Kier alpha value is -0.120. The topological polar surface area (TPSA) is 24.5 Å². The quantitative estimate of drug-likeness (QED) is 0.800. The molecule has 0 aromatic carbocycles. The van der Waals surface area contributed by atoms with Gasteiger partial charge in [0.1, 0.15) is 0 Å². The molecule has 0 aromatic rings. The van der Waals surface area contributed by atoms with Gasteiger partial charge in [0.15, 0.2) is 0 Å². The molecule has 1 heterocycles. The van der Waals surface area contributed by atoms with E-state index in [1.54, 1.807) is 0 Å². The third-order valence-electron chi connectivity index (χ3n) is 4.38. The molecule has 0 aliphatic carbocycles. The molecule has 3 nitrogen and oxygen atoms in total. The summed E-state index contributed by atoms with van der Waals surface area (Å²) in [6.45, 7) is 10.9. The van der Waals surface area contributed by atoms with Crippen LogP contribution in [0.15, 0.2) is 0 Å². The third kappa shape index (κ3) is 4.23. The minimum atomic E-state index is 0.0815. The summed E-state index contributed by atoms with van der Waals surface area (Å²) in [5.74, 6) is 0. The van der Waals surface area contributed by atoms with E-state index in [-0.39, 0.29) is 11.1 Å². The minimum absolute atomic E-state index is 0.0815. The van der Waals surface area contributed by atoms with Crippen LogP contribution < -0.4 is 5.32 Å². The molecule has 2 unspecified atom stereocenters. The number of hydrogen-bond donors (Lipinski definition) is 1. The van der Waals surface area contributed by atoms with Crippen molar-refractivity contribution in [1.82, 2.24) is 10.2 Å². The molecule has 1 fully saturated rings. The van der Waals surface area contributed by atoms with Crippen LogP contribution in [0.5, 0.6) is 0 Å². The average Bonchev–Trinajstić information content (AvgIpc) is 2.27. The molecule has 2 atom stereocenters. The van der Waals surface area contributed by atoms with Crippen molar-refractivity contribution in [3.8, 4) is 0 Å². The fourth-order valence-corrected chi connectivity index (χ4v) is 2.10. The number of hydrogen-bond acceptors (Lipinski definition) is 3. The van der Waals surface area contributed by atoms with Gasteiger partial charge in [0, 0.05) is 24.7 Å². The molecule has 0 aromatic heterocycles. The van der Waals surface area contributed by atoms with Gasteiger partial charge in [-0.3, -0.25) is 0 Å². The zero-order valence-electron chi connectivity index (χ0n) is 12.5. The highest BCUT2D eigenvalue weighted by atomic mass is 16.5. The highest BCUT2D eigenvalue weighted by molar-refractivity contribution is 4.88. The molecule has 1 rings (SSSR count). The first kappa shape index (κ1) is 14.9. The summed E-state index contributed by atoms with van der Waals surface area (Å²) in [4.78, 5) is 2.28. The number of nitrogens with zero attached hydrogens (tertiary/aromatic N) is 1. The molecule has 3 heteroatoms. The summed E-state index contributed by atoms with van der Waals surface area (Å²) in [6, 6.07) is 0.605. The minimum Gasteiger partial charge on any atom is -0.375 e. The molecule has 0 radical (unpaired) electrons. The Kier molecular flexibility index (Phi) is 4.99. The fraction of sp³-hybridized carbons (Fsp3) is 1.00. The Balaban J connectivity index is 2.42. The van der Waals surface area contributed by atoms with E-state index >= 15 is 0 Å². The van der Waals surface area contributed by atoms with Crippen LogP contribution in [-0.2, 0) is 4.74 Å². The lowest BCUT2D eigenvalue weighted by atomic mass is 9.89. The van der Waals surface area contributed by atoms with E-state index in [9.17, 15) is 0 Å². The summed E-state index contributed by atoms with van der Waals surface area (Å²) in [7, 11) is 4.28. The zero-order chi connectivity index (χ0) is 13.1. The van der Waals surface area contributed by atoms with Crippen LogP contribution in [0.25, 0.3) is 0 Å². The van der Waals surface area contributed by atoms with Crippen molar-refractivity contribution in [2.24, 2.45) is 0 Å². The SMILES string of the molecule is CCC1(C)CC(NCC(C)(C)N(C)C)CCO1. The Morgan fingerprint density at radius 1 is 1.41 bits per heavy atom. The van der Waals surface area contributed by atoms with Gasteiger partial charge >= 0.3 is 0 Å². The van der Waals surface area contributed by atoms with Crippen molar-refractivity contribution in [2.45, 2.75) is 64.1 Å². The van der Waals surface area contributed by atoms with E-state index in [4.69, 9.17) is 4.74 Å². The number of rotatable bonds is 5. The molecule has 0 amide bonds. The van der Waals surface area contributed by atoms with Crippen LogP contribution in [0.3, 0.4) is 0 Å². The Bertz CT molecular complexity index is 240. The highest BCUT2D eigenvalue weighted by Crippen LogP contribution is 2.27. The smallest absolute Gasteiger partial charge is 0.0666 e. The maximum Gasteiger partial charge on any atom is 0.0666 e. The largest absolute Gasteiger partial charge is 0.375 e. The van der Waals surface area contributed by atoms with E-state index in [0.717, 1.165) is 32.4 Å². The van der Waals surface area contributed by atoms with Crippen LogP contribution in [0.1, 0.15) is 47.0 Å². The van der Waals surface area contributed by atoms with Crippen molar-refractivity contribution in [2.75, 3.05) is 27.2 Å². The average molecular weight is 242 g/mol. The van der Waals surface area contributed by atoms with Crippen molar-refractivity contribution >= 4 is 0 Å². The second kappa shape index (κ2) is 5.68. The Morgan fingerprint density at radius 3 is 2.59 bits per heavy atom. The van der Waals surface area contributed by atoms with E-state index in [1.165, 1.54) is 0 Å². The summed E-state index contributed by atoms with van der Waals surface area (Å²) >= 11 is 0. The number of likely N-dealkylation sites (N-methyl/N-ethyl adjacent to an activating group) is 1. The second-order valence-electron chi connectivity index (χ2n) is 6.43. The Labute approximate surface area is 107 Å². The molecular weight excluding hydrogens is 212 g/mol. The standard InChI is InChI=1S/C14H30N2O/c1-7-14(4)10-12(8-9-17-14)15-11-13(2,3)16(5)6/h12,15H,7-11H2,1-6H3. The molecular formula is C14H30N2O. The molecule has 0 saturated carbocycles.